The quantitative estimate of drug-likeness (QED) is 0.0562. The molecule has 6 heterocycles. The number of carboxylic acid groups (broad SMARTS) is 2. The van der Waals surface area contributed by atoms with Gasteiger partial charge in [-0.3, -0.25) is 19.8 Å². The molecule has 4 unspecified atom stereocenters. The number of esters is 2. The van der Waals surface area contributed by atoms with E-state index < -0.39 is 111 Å². The first kappa shape index (κ1) is 57.9. The van der Waals surface area contributed by atoms with Crippen molar-refractivity contribution in [3.8, 4) is 0 Å². The van der Waals surface area contributed by atoms with Gasteiger partial charge in [-0.25, -0.2) is 55.5 Å². The first-order chi connectivity index (χ1) is 36.1. The number of halogens is 8. The monoisotopic (exact) mass is 1190 g/mol. The Kier molecular flexibility index (Phi) is 19.5. The van der Waals surface area contributed by atoms with Crippen molar-refractivity contribution in [2.24, 2.45) is 9.98 Å². The third-order valence-electron chi connectivity index (χ3n) is 11.6. The molecule has 4 aliphatic rings. The number of thiazole rings is 2. The molecule has 4 atom stereocenters. The van der Waals surface area contributed by atoms with Gasteiger partial charge in [-0.05, 0) is 43.7 Å². The van der Waals surface area contributed by atoms with Gasteiger partial charge in [0.1, 0.15) is 36.9 Å². The van der Waals surface area contributed by atoms with Crippen molar-refractivity contribution in [3.05, 3.63) is 124 Å². The minimum Gasteiger partial charge on any atom is -0.480 e. The number of benzene rings is 2. The fourth-order valence-electron chi connectivity index (χ4n) is 8.71. The fraction of sp³-hybridized carbons (Fsp3) is 0.417. The number of hydrogen-bond donors (Lipinski definition) is 4. The number of amidine groups is 2. The standard InChI is InChI=1S/C24H24BrF3N4O5S.C24H24ClF3N4O5S/c2*1-2-36-23(35)19-17(10-32-9-14(37-11-18(33)34)8-24(27,28)12-32)30-21(22-29-5-6-38-22)31-20(19)15-4-3-13(26)7-16(15)25/h2*3-7,14,20H,2,8-12H2,1H3,(H,30,31)(H,33,34). The Bertz CT molecular complexity index is 2710. The molecule has 0 amide bonds. The van der Waals surface area contributed by atoms with E-state index in [1.807, 2.05) is 0 Å². The van der Waals surface area contributed by atoms with Crippen molar-refractivity contribution in [3.63, 3.8) is 0 Å². The summed E-state index contributed by atoms with van der Waals surface area (Å²) in [6.45, 7) is 0.355. The topological polar surface area (TPSA) is 227 Å². The van der Waals surface area contributed by atoms with Crippen LogP contribution in [0.3, 0.4) is 0 Å². The van der Waals surface area contributed by atoms with E-state index in [1.54, 1.807) is 37.0 Å². The lowest BCUT2D eigenvalue weighted by molar-refractivity contribution is -0.154. The Morgan fingerprint density at radius 3 is 1.55 bits per heavy atom. The summed E-state index contributed by atoms with van der Waals surface area (Å²) in [5.41, 5.74) is 1.38. The van der Waals surface area contributed by atoms with Gasteiger partial charge in [-0.1, -0.05) is 39.7 Å². The minimum absolute atomic E-state index is 0.00411. The van der Waals surface area contributed by atoms with Crippen LogP contribution in [0.25, 0.3) is 0 Å². The molecule has 4 aliphatic heterocycles. The molecule has 8 rings (SSSR count). The van der Waals surface area contributed by atoms with Crippen LogP contribution in [-0.4, -0.2) is 155 Å². The van der Waals surface area contributed by atoms with Crippen molar-refractivity contribution in [2.75, 3.05) is 65.7 Å². The van der Waals surface area contributed by atoms with Crippen molar-refractivity contribution in [2.45, 2.75) is 62.8 Å². The fourth-order valence-corrected chi connectivity index (χ4v) is 10.7. The van der Waals surface area contributed by atoms with Crippen LogP contribution >= 0.6 is 50.2 Å². The Morgan fingerprint density at radius 1 is 0.724 bits per heavy atom. The van der Waals surface area contributed by atoms with E-state index in [0.29, 0.717) is 31.5 Å². The van der Waals surface area contributed by atoms with E-state index in [2.05, 4.69) is 41.5 Å². The summed E-state index contributed by atoms with van der Waals surface area (Å²) >= 11 is 12.2. The number of piperidine rings is 2. The number of aromatic nitrogens is 2. The van der Waals surface area contributed by atoms with Crippen LogP contribution in [0.4, 0.5) is 26.3 Å². The molecule has 2 aromatic heterocycles. The predicted molar refractivity (Wildman–Crippen MR) is 269 cm³/mol. The molecule has 18 nitrogen and oxygen atoms in total. The van der Waals surface area contributed by atoms with Crippen LogP contribution in [0.2, 0.25) is 5.02 Å². The Labute approximate surface area is 451 Å². The molecular formula is C48H48BrClF6N8O10S2. The van der Waals surface area contributed by atoms with Gasteiger partial charge in [0.15, 0.2) is 21.7 Å². The molecule has 2 fully saturated rings. The lowest BCUT2D eigenvalue weighted by Gasteiger charge is -2.38. The number of carbonyl (C=O) groups excluding carboxylic acids is 2. The molecule has 2 saturated heterocycles. The van der Waals surface area contributed by atoms with E-state index in [0.717, 1.165) is 6.07 Å². The molecule has 28 heteroatoms. The van der Waals surface area contributed by atoms with Gasteiger partial charge < -0.3 is 39.8 Å². The van der Waals surface area contributed by atoms with Crippen LogP contribution < -0.4 is 10.6 Å². The zero-order chi connectivity index (χ0) is 54.9. The molecule has 0 aliphatic carbocycles. The zero-order valence-electron chi connectivity index (χ0n) is 40.3. The highest BCUT2D eigenvalue weighted by Crippen LogP contribution is 2.40. The van der Waals surface area contributed by atoms with Gasteiger partial charge in [0, 0.05) is 88.6 Å². The molecular weight excluding hydrogens is 1140 g/mol. The molecule has 408 valence electrons. The van der Waals surface area contributed by atoms with Crippen molar-refractivity contribution >= 4 is 85.8 Å². The lowest BCUT2D eigenvalue weighted by Crippen LogP contribution is -2.52. The maximum atomic E-state index is 14.6. The summed E-state index contributed by atoms with van der Waals surface area (Å²) in [5, 5.41) is 28.4. The third-order valence-corrected chi connectivity index (χ3v) is 14.1. The summed E-state index contributed by atoms with van der Waals surface area (Å²) < 4.78 is 107. The summed E-state index contributed by atoms with van der Waals surface area (Å²) in [4.78, 5) is 68.8. The predicted octanol–water partition coefficient (Wildman–Crippen LogP) is 7.42. The van der Waals surface area contributed by atoms with Gasteiger partial charge >= 0.3 is 23.9 Å². The zero-order valence-corrected chi connectivity index (χ0v) is 44.2. The second-order valence-corrected chi connectivity index (χ2v) is 20.4. The molecule has 0 spiro atoms. The minimum atomic E-state index is -3.16. The molecule has 4 aromatic rings. The maximum Gasteiger partial charge on any atom is 0.338 e. The number of nitrogens with zero attached hydrogens (tertiary/aromatic N) is 6. The van der Waals surface area contributed by atoms with E-state index in [-0.39, 0.29) is 72.8 Å². The Morgan fingerprint density at radius 2 is 1.16 bits per heavy atom. The van der Waals surface area contributed by atoms with Gasteiger partial charge in [-0.15, -0.1) is 22.7 Å². The van der Waals surface area contributed by atoms with Crippen LogP contribution in [0.15, 0.2) is 96.5 Å². The number of aliphatic carboxylic acids is 2. The molecule has 0 radical (unpaired) electrons. The number of likely N-dealkylation sites (tertiary alicyclic amines) is 2. The summed E-state index contributed by atoms with van der Waals surface area (Å²) in [5.74, 6) is -10.8. The summed E-state index contributed by atoms with van der Waals surface area (Å²) in [6, 6.07) is 5.64. The SMILES string of the molecule is CCOC(=O)C1=C(CN2CC(OCC(=O)O)CC(F)(F)C2)NC(c2nccs2)=NC1c1ccc(F)cc1Br.CCOC(=O)C1=C(CN2CC(OCC(=O)O)CC(F)(F)C2)NC(c2nccs2)=NC1c1ccc(F)cc1Cl. The molecule has 0 saturated carbocycles. The highest BCUT2D eigenvalue weighted by Gasteiger charge is 2.45. The highest BCUT2D eigenvalue weighted by molar-refractivity contribution is 9.10. The first-order valence-corrected chi connectivity index (χ1v) is 26.1. The number of alkyl halides is 4. The molecule has 0 bridgehead atoms. The first-order valence-electron chi connectivity index (χ1n) is 23.2. The number of carbonyl (C=O) groups is 4. The molecule has 4 N–H and O–H groups in total. The van der Waals surface area contributed by atoms with Gasteiger partial charge in [0.05, 0.1) is 49.7 Å². The average Bonchev–Trinajstić information content (AvgIpc) is 4.12. The number of rotatable bonds is 18. The van der Waals surface area contributed by atoms with E-state index in [1.165, 1.54) is 62.8 Å². The van der Waals surface area contributed by atoms with Gasteiger partial charge in [-0.2, -0.15) is 0 Å². The maximum absolute atomic E-state index is 14.6. The number of carboxylic acids is 2. The van der Waals surface area contributed by atoms with E-state index >= 15 is 0 Å². The van der Waals surface area contributed by atoms with E-state index in [4.69, 9.17) is 45.8 Å². The van der Waals surface area contributed by atoms with Crippen molar-refractivity contribution < 1.29 is 74.7 Å². The second-order valence-electron chi connectivity index (χ2n) is 17.4. The summed E-state index contributed by atoms with van der Waals surface area (Å²) in [7, 11) is 0. The van der Waals surface area contributed by atoms with Crippen LogP contribution in [0.5, 0.6) is 0 Å². The van der Waals surface area contributed by atoms with E-state index in [9.17, 15) is 45.5 Å². The number of aliphatic imine (C=N–C) groups is 2. The van der Waals surface area contributed by atoms with Crippen molar-refractivity contribution in [1.29, 1.82) is 0 Å². The number of hydrogen-bond acceptors (Lipinski definition) is 18. The lowest BCUT2D eigenvalue weighted by atomic mass is 9.94. The van der Waals surface area contributed by atoms with Crippen LogP contribution in [0.1, 0.15) is 59.9 Å². The Hall–Kier alpha value is -5.81. The van der Waals surface area contributed by atoms with Crippen LogP contribution in [-0.2, 0) is 38.1 Å². The third kappa shape index (κ3) is 15.2. The molecule has 2 aromatic carbocycles. The summed E-state index contributed by atoms with van der Waals surface area (Å²) in [6.07, 6.45) is -0.186. The molecule has 76 heavy (non-hydrogen) atoms. The van der Waals surface area contributed by atoms with Gasteiger partial charge in [0.2, 0.25) is 0 Å². The van der Waals surface area contributed by atoms with Gasteiger partial charge in [0.25, 0.3) is 11.8 Å². The largest absolute Gasteiger partial charge is 0.480 e. The smallest absolute Gasteiger partial charge is 0.338 e. The second kappa shape index (κ2) is 25.6. The normalized spacial score (nSPS) is 21.6. The number of nitrogens with one attached hydrogen (secondary N) is 2. The van der Waals surface area contributed by atoms with Crippen molar-refractivity contribution in [1.82, 2.24) is 30.4 Å². The Balaban J connectivity index is 0.000000221. The number of ether oxygens (including phenoxy) is 4. The highest BCUT2D eigenvalue weighted by atomic mass is 79.9. The average molecular weight is 1190 g/mol. The van der Waals surface area contributed by atoms with Crippen LogP contribution in [0, 0.1) is 11.6 Å².